The third-order valence-corrected chi connectivity index (χ3v) is 7.89. The number of piperidine rings is 1. The number of amides is 1. The van der Waals surface area contributed by atoms with Gasteiger partial charge >= 0.3 is 0 Å². The Morgan fingerprint density at radius 3 is 2.81 bits per heavy atom. The van der Waals surface area contributed by atoms with Gasteiger partial charge in [0, 0.05) is 12.7 Å². The zero-order chi connectivity index (χ0) is 22.0. The molecule has 3 heterocycles. The monoisotopic (exact) mass is 458 g/mol. The van der Waals surface area contributed by atoms with Crippen molar-refractivity contribution < 1.29 is 13.2 Å². The fraction of sp³-hybridized carbons (Fsp3) is 0.409. The van der Waals surface area contributed by atoms with Crippen LogP contribution in [0, 0.1) is 0 Å². The second kappa shape index (κ2) is 9.02. The summed E-state index contributed by atoms with van der Waals surface area (Å²) in [5.74, 6) is -0.245. The Labute approximate surface area is 186 Å². The molecule has 1 amide bonds. The average Bonchev–Trinajstić information content (AvgIpc) is 3.20. The quantitative estimate of drug-likeness (QED) is 0.564. The highest BCUT2D eigenvalue weighted by atomic mass is 32.2. The number of sulfonamides is 1. The Balaban J connectivity index is 1.74. The first-order valence-corrected chi connectivity index (χ1v) is 13.1. The molecule has 0 N–H and O–H groups in total. The SMILES string of the molecule is CCc1ccc2nc(N(Cc3ccccn3)C(=O)C3CCCCN3S(C)(=O)=O)sc2c1. The molecule has 4 rings (SSSR count). The fourth-order valence-corrected chi connectivity index (χ4v) is 6.07. The summed E-state index contributed by atoms with van der Waals surface area (Å²) in [5.41, 5.74) is 2.77. The second-order valence-electron chi connectivity index (χ2n) is 7.78. The van der Waals surface area contributed by atoms with Crippen molar-refractivity contribution in [1.82, 2.24) is 14.3 Å². The lowest BCUT2D eigenvalue weighted by molar-refractivity contribution is -0.123. The van der Waals surface area contributed by atoms with Gasteiger partial charge in [0.05, 0.1) is 28.7 Å². The molecule has 7 nitrogen and oxygen atoms in total. The van der Waals surface area contributed by atoms with Gasteiger partial charge in [-0.2, -0.15) is 4.31 Å². The number of benzene rings is 1. The van der Waals surface area contributed by atoms with E-state index in [0.717, 1.165) is 35.2 Å². The van der Waals surface area contributed by atoms with Gasteiger partial charge in [0.25, 0.3) is 0 Å². The highest BCUT2D eigenvalue weighted by Gasteiger charge is 2.38. The summed E-state index contributed by atoms with van der Waals surface area (Å²) in [6.07, 6.45) is 5.87. The lowest BCUT2D eigenvalue weighted by Crippen LogP contribution is -2.52. The summed E-state index contributed by atoms with van der Waals surface area (Å²) in [5, 5.41) is 0.568. The minimum absolute atomic E-state index is 0.244. The number of hydrogen-bond donors (Lipinski definition) is 0. The van der Waals surface area contributed by atoms with E-state index in [0.29, 0.717) is 18.1 Å². The van der Waals surface area contributed by atoms with E-state index in [4.69, 9.17) is 4.98 Å². The van der Waals surface area contributed by atoms with Crippen molar-refractivity contribution >= 4 is 42.6 Å². The number of pyridine rings is 1. The number of fused-ring (bicyclic) bond motifs is 1. The maximum atomic E-state index is 13.7. The van der Waals surface area contributed by atoms with Gasteiger partial charge in [-0.3, -0.25) is 14.7 Å². The molecule has 9 heteroatoms. The molecule has 1 aliphatic heterocycles. The van der Waals surface area contributed by atoms with Crippen LogP contribution < -0.4 is 4.90 Å². The van der Waals surface area contributed by atoms with Crippen LogP contribution >= 0.6 is 11.3 Å². The van der Waals surface area contributed by atoms with Gasteiger partial charge in [-0.25, -0.2) is 13.4 Å². The van der Waals surface area contributed by atoms with Crippen LogP contribution in [0.4, 0.5) is 5.13 Å². The number of thiazole rings is 1. The lowest BCUT2D eigenvalue weighted by Gasteiger charge is -2.35. The summed E-state index contributed by atoms with van der Waals surface area (Å²) in [7, 11) is -3.49. The van der Waals surface area contributed by atoms with Gasteiger partial charge in [0.1, 0.15) is 6.04 Å². The molecule has 31 heavy (non-hydrogen) atoms. The Kier molecular flexibility index (Phi) is 6.36. The van der Waals surface area contributed by atoms with Crippen molar-refractivity contribution in [3.63, 3.8) is 0 Å². The molecular weight excluding hydrogens is 432 g/mol. The van der Waals surface area contributed by atoms with Crippen LogP contribution in [0.15, 0.2) is 42.6 Å². The molecule has 1 aromatic carbocycles. The summed E-state index contributed by atoms with van der Waals surface area (Å²) in [6, 6.07) is 11.0. The van der Waals surface area contributed by atoms with Crippen LogP contribution in [0.2, 0.25) is 0 Å². The van der Waals surface area contributed by atoms with Crippen molar-refractivity contribution in [3.8, 4) is 0 Å². The minimum atomic E-state index is -3.49. The van der Waals surface area contributed by atoms with E-state index in [1.54, 1.807) is 11.1 Å². The summed E-state index contributed by atoms with van der Waals surface area (Å²) < 4.78 is 27.1. The van der Waals surface area contributed by atoms with Crippen molar-refractivity contribution in [3.05, 3.63) is 53.9 Å². The van der Waals surface area contributed by atoms with E-state index in [1.165, 1.54) is 27.5 Å². The molecule has 3 aromatic rings. The molecular formula is C22H26N4O3S2. The van der Waals surface area contributed by atoms with Crippen LogP contribution in [-0.2, 0) is 27.8 Å². The van der Waals surface area contributed by atoms with E-state index in [9.17, 15) is 13.2 Å². The first-order valence-electron chi connectivity index (χ1n) is 10.4. The topological polar surface area (TPSA) is 83.5 Å². The predicted octanol–water partition coefficient (Wildman–Crippen LogP) is 3.60. The molecule has 0 bridgehead atoms. The molecule has 1 aliphatic rings. The number of nitrogens with zero attached hydrogens (tertiary/aromatic N) is 4. The first-order chi connectivity index (χ1) is 14.9. The molecule has 0 saturated carbocycles. The number of aryl methyl sites for hydroxylation is 1. The number of rotatable bonds is 6. The van der Waals surface area contributed by atoms with Gasteiger partial charge in [-0.1, -0.05) is 36.8 Å². The van der Waals surface area contributed by atoms with Crippen LogP contribution in [0.25, 0.3) is 10.2 Å². The Morgan fingerprint density at radius 1 is 1.26 bits per heavy atom. The normalized spacial score (nSPS) is 17.7. The number of carbonyl (C=O) groups excluding carboxylic acids is 1. The second-order valence-corrected chi connectivity index (χ2v) is 10.7. The molecule has 0 aliphatic carbocycles. The first kappa shape index (κ1) is 21.9. The fourth-order valence-electron chi connectivity index (χ4n) is 3.91. The van der Waals surface area contributed by atoms with E-state index < -0.39 is 16.1 Å². The maximum Gasteiger partial charge on any atom is 0.247 e. The highest BCUT2D eigenvalue weighted by Crippen LogP contribution is 2.32. The molecule has 1 saturated heterocycles. The number of anilines is 1. The van der Waals surface area contributed by atoms with Gasteiger partial charge in [0.2, 0.25) is 15.9 Å². The third kappa shape index (κ3) is 4.78. The number of aromatic nitrogens is 2. The largest absolute Gasteiger partial charge is 0.281 e. The molecule has 1 fully saturated rings. The van der Waals surface area contributed by atoms with E-state index in [2.05, 4.69) is 18.0 Å². The average molecular weight is 459 g/mol. The highest BCUT2D eigenvalue weighted by molar-refractivity contribution is 7.88. The van der Waals surface area contributed by atoms with Crippen LogP contribution in [0.1, 0.15) is 37.4 Å². The molecule has 0 spiro atoms. The zero-order valence-corrected chi connectivity index (χ0v) is 19.3. The molecule has 1 unspecified atom stereocenters. The zero-order valence-electron chi connectivity index (χ0n) is 17.7. The number of carbonyl (C=O) groups is 1. The Bertz CT molecular complexity index is 1180. The van der Waals surface area contributed by atoms with E-state index >= 15 is 0 Å². The molecule has 0 radical (unpaired) electrons. The third-order valence-electron chi connectivity index (χ3n) is 5.56. The van der Waals surface area contributed by atoms with Gasteiger partial charge in [0.15, 0.2) is 5.13 Å². The molecule has 2 aromatic heterocycles. The van der Waals surface area contributed by atoms with Gasteiger partial charge in [-0.05, 0) is 49.1 Å². The van der Waals surface area contributed by atoms with Crippen LogP contribution in [-0.4, -0.2) is 47.4 Å². The van der Waals surface area contributed by atoms with Crippen LogP contribution in [0.3, 0.4) is 0 Å². The summed E-state index contributed by atoms with van der Waals surface area (Å²) in [6.45, 7) is 2.71. The predicted molar refractivity (Wildman–Crippen MR) is 124 cm³/mol. The maximum absolute atomic E-state index is 13.7. The van der Waals surface area contributed by atoms with Crippen molar-refractivity contribution in [2.45, 2.75) is 45.2 Å². The van der Waals surface area contributed by atoms with Gasteiger partial charge in [-0.15, -0.1) is 0 Å². The number of hydrogen-bond acceptors (Lipinski definition) is 6. The summed E-state index contributed by atoms with van der Waals surface area (Å²) >= 11 is 1.45. The Morgan fingerprint density at radius 2 is 2.10 bits per heavy atom. The standard InChI is InChI=1S/C22H26N4O3S2/c1-3-16-10-11-18-20(14-16)30-22(24-18)25(15-17-8-4-6-12-23-17)21(27)19-9-5-7-13-26(19)31(2,28)29/h4,6,8,10-12,14,19H,3,5,7,9,13,15H2,1-2H3. The van der Waals surface area contributed by atoms with Gasteiger partial charge < -0.3 is 0 Å². The van der Waals surface area contributed by atoms with Crippen molar-refractivity contribution in [1.29, 1.82) is 0 Å². The lowest BCUT2D eigenvalue weighted by atomic mass is 10.0. The molecule has 1 atom stereocenters. The van der Waals surface area contributed by atoms with Crippen molar-refractivity contribution in [2.24, 2.45) is 0 Å². The van der Waals surface area contributed by atoms with E-state index in [1.807, 2.05) is 30.3 Å². The molecule has 164 valence electrons. The van der Waals surface area contributed by atoms with Crippen LogP contribution in [0.5, 0.6) is 0 Å². The summed E-state index contributed by atoms with van der Waals surface area (Å²) in [4.78, 5) is 24.4. The van der Waals surface area contributed by atoms with E-state index in [-0.39, 0.29) is 12.5 Å². The smallest absolute Gasteiger partial charge is 0.247 e. The van der Waals surface area contributed by atoms with Crippen molar-refractivity contribution in [2.75, 3.05) is 17.7 Å². The minimum Gasteiger partial charge on any atom is -0.281 e. The Hall–Kier alpha value is -2.36.